The quantitative estimate of drug-likeness (QED) is 0.872. The first-order chi connectivity index (χ1) is 9.84. The molecule has 0 amide bonds. The summed E-state index contributed by atoms with van der Waals surface area (Å²) in [7, 11) is -3.60. The molecule has 6 nitrogen and oxygen atoms in total. The molecule has 1 saturated heterocycles. The molecule has 0 saturated carbocycles. The maximum atomic E-state index is 12.5. The normalized spacial score (nSPS) is 19.5. The van der Waals surface area contributed by atoms with Gasteiger partial charge in [0.15, 0.2) is 0 Å². The third-order valence-corrected chi connectivity index (χ3v) is 6.68. The Labute approximate surface area is 125 Å². The number of aromatic amines is 1. The van der Waals surface area contributed by atoms with E-state index in [1.807, 2.05) is 0 Å². The van der Waals surface area contributed by atoms with Gasteiger partial charge in [-0.2, -0.15) is 4.31 Å². The van der Waals surface area contributed by atoms with Crippen LogP contribution in [0.4, 0.5) is 0 Å². The zero-order chi connectivity index (χ0) is 15.7. The van der Waals surface area contributed by atoms with Crippen LogP contribution in [0, 0.1) is 5.41 Å². The number of rotatable bonds is 5. The first-order valence-corrected chi connectivity index (χ1v) is 8.70. The molecule has 0 aliphatic carbocycles. The van der Waals surface area contributed by atoms with Crippen LogP contribution in [0.25, 0.3) is 0 Å². The fraction of sp³-hybridized carbons (Fsp3) is 0.643. The molecule has 1 aliphatic rings. The lowest BCUT2D eigenvalue weighted by molar-refractivity contribution is 0.0691. The van der Waals surface area contributed by atoms with Gasteiger partial charge in [0.2, 0.25) is 10.0 Å². The van der Waals surface area contributed by atoms with Gasteiger partial charge in [-0.15, -0.1) is 0 Å². The molecular weight excluding hydrogens is 292 g/mol. The molecule has 0 radical (unpaired) electrons. The summed E-state index contributed by atoms with van der Waals surface area (Å²) in [6, 6.07) is 1.18. The van der Waals surface area contributed by atoms with Gasteiger partial charge in [0, 0.05) is 19.3 Å². The molecule has 1 aliphatic heterocycles. The summed E-state index contributed by atoms with van der Waals surface area (Å²) in [4.78, 5) is 13.4. The predicted octanol–water partition coefficient (Wildman–Crippen LogP) is 2.30. The molecular formula is C14H22N2O4S. The van der Waals surface area contributed by atoms with Crippen molar-refractivity contribution in [3.8, 4) is 0 Å². The van der Waals surface area contributed by atoms with E-state index < -0.39 is 16.0 Å². The summed E-state index contributed by atoms with van der Waals surface area (Å²) in [6.45, 7) is 5.30. The lowest BCUT2D eigenvalue weighted by Gasteiger charge is -2.40. The summed E-state index contributed by atoms with van der Waals surface area (Å²) < 4.78 is 26.5. The van der Waals surface area contributed by atoms with Gasteiger partial charge >= 0.3 is 5.97 Å². The number of H-pyrrole nitrogens is 1. The Morgan fingerprint density at radius 1 is 1.33 bits per heavy atom. The number of aromatic nitrogens is 1. The molecule has 0 spiro atoms. The van der Waals surface area contributed by atoms with Crippen molar-refractivity contribution in [2.45, 2.75) is 44.4 Å². The van der Waals surface area contributed by atoms with Crippen LogP contribution in [0.15, 0.2) is 17.2 Å². The third kappa shape index (κ3) is 2.98. The fourth-order valence-corrected chi connectivity index (χ4v) is 4.39. The standard InChI is InChI=1S/C14H22N2O4S/c1-3-14(4-2)5-7-16(8-6-14)21(19,20)11-9-12(13(17)18)15-10-11/h9-10,15H,3-8H2,1-2H3,(H,17,18). The highest BCUT2D eigenvalue weighted by atomic mass is 32.2. The lowest BCUT2D eigenvalue weighted by Crippen LogP contribution is -2.42. The highest BCUT2D eigenvalue weighted by molar-refractivity contribution is 7.89. The van der Waals surface area contributed by atoms with Crippen molar-refractivity contribution in [1.82, 2.24) is 9.29 Å². The van der Waals surface area contributed by atoms with Crippen molar-refractivity contribution in [3.05, 3.63) is 18.0 Å². The first-order valence-electron chi connectivity index (χ1n) is 7.26. The van der Waals surface area contributed by atoms with Crippen LogP contribution in [0.1, 0.15) is 50.0 Å². The molecule has 0 atom stereocenters. The molecule has 2 N–H and O–H groups in total. The third-order valence-electron chi connectivity index (χ3n) is 4.81. The smallest absolute Gasteiger partial charge is 0.352 e. The Bertz CT molecular complexity index is 607. The molecule has 0 aromatic carbocycles. The summed E-state index contributed by atoms with van der Waals surface area (Å²) in [6.07, 6.45) is 5.08. The molecule has 7 heteroatoms. The largest absolute Gasteiger partial charge is 0.477 e. The van der Waals surface area contributed by atoms with Crippen LogP contribution in [-0.4, -0.2) is 41.9 Å². The van der Waals surface area contributed by atoms with Gasteiger partial charge in [0.25, 0.3) is 0 Å². The number of carboxylic acid groups (broad SMARTS) is 1. The van der Waals surface area contributed by atoms with Gasteiger partial charge in [0.05, 0.1) is 0 Å². The average molecular weight is 314 g/mol. The van der Waals surface area contributed by atoms with Gasteiger partial charge in [-0.05, 0) is 24.3 Å². The van der Waals surface area contributed by atoms with Crippen LogP contribution < -0.4 is 0 Å². The van der Waals surface area contributed by atoms with E-state index >= 15 is 0 Å². The van der Waals surface area contributed by atoms with Crippen molar-refractivity contribution in [1.29, 1.82) is 0 Å². The molecule has 0 unspecified atom stereocenters. The van der Waals surface area contributed by atoms with Gasteiger partial charge in [0.1, 0.15) is 10.6 Å². The Morgan fingerprint density at radius 2 is 1.90 bits per heavy atom. The number of carboxylic acids is 1. The van der Waals surface area contributed by atoms with Crippen molar-refractivity contribution in [2.75, 3.05) is 13.1 Å². The highest BCUT2D eigenvalue weighted by Crippen LogP contribution is 2.39. The van der Waals surface area contributed by atoms with E-state index in [1.54, 1.807) is 0 Å². The van der Waals surface area contributed by atoms with Crippen molar-refractivity contribution in [3.63, 3.8) is 0 Å². The van der Waals surface area contributed by atoms with Gasteiger partial charge in [-0.1, -0.05) is 26.7 Å². The fourth-order valence-electron chi connectivity index (χ4n) is 2.95. The zero-order valence-electron chi connectivity index (χ0n) is 12.4. The van der Waals surface area contributed by atoms with E-state index in [1.165, 1.54) is 16.6 Å². The molecule has 2 heterocycles. The SMILES string of the molecule is CCC1(CC)CCN(S(=O)(=O)c2c[nH]c(C(=O)O)c2)CC1. The average Bonchev–Trinajstić information content (AvgIpc) is 2.98. The maximum absolute atomic E-state index is 12.5. The summed E-state index contributed by atoms with van der Waals surface area (Å²) in [5, 5.41) is 8.87. The van der Waals surface area contributed by atoms with Crippen molar-refractivity contribution >= 4 is 16.0 Å². The number of hydrogen-bond acceptors (Lipinski definition) is 3. The van der Waals surface area contributed by atoms with Crippen LogP contribution in [0.3, 0.4) is 0 Å². The van der Waals surface area contributed by atoms with E-state index in [-0.39, 0.29) is 16.0 Å². The molecule has 0 bridgehead atoms. The number of piperidine rings is 1. The van der Waals surface area contributed by atoms with E-state index in [0.717, 1.165) is 25.7 Å². The molecule has 1 fully saturated rings. The van der Waals surface area contributed by atoms with Crippen LogP contribution in [0.2, 0.25) is 0 Å². The molecule has 1 aromatic rings. The Morgan fingerprint density at radius 3 is 2.33 bits per heavy atom. The lowest BCUT2D eigenvalue weighted by atomic mass is 9.75. The highest BCUT2D eigenvalue weighted by Gasteiger charge is 2.36. The number of nitrogens with zero attached hydrogens (tertiary/aromatic N) is 1. The number of nitrogens with one attached hydrogen (secondary N) is 1. The second-order valence-electron chi connectivity index (χ2n) is 5.67. The first kappa shape index (κ1) is 16.0. The minimum absolute atomic E-state index is 0.0281. The van der Waals surface area contributed by atoms with E-state index in [0.29, 0.717) is 13.1 Å². The van der Waals surface area contributed by atoms with E-state index in [2.05, 4.69) is 18.8 Å². The maximum Gasteiger partial charge on any atom is 0.352 e. The molecule has 118 valence electrons. The number of hydrogen-bond donors (Lipinski definition) is 2. The van der Waals surface area contributed by atoms with Gasteiger partial charge < -0.3 is 10.1 Å². The summed E-state index contributed by atoms with van der Waals surface area (Å²) >= 11 is 0. The Kier molecular flexibility index (Phi) is 4.43. The minimum Gasteiger partial charge on any atom is -0.477 e. The van der Waals surface area contributed by atoms with E-state index in [4.69, 9.17) is 5.11 Å². The second-order valence-corrected chi connectivity index (χ2v) is 7.60. The Balaban J connectivity index is 2.16. The van der Waals surface area contributed by atoms with Crippen LogP contribution in [0.5, 0.6) is 0 Å². The van der Waals surface area contributed by atoms with E-state index in [9.17, 15) is 13.2 Å². The Hall–Kier alpha value is -1.34. The zero-order valence-corrected chi connectivity index (χ0v) is 13.2. The topological polar surface area (TPSA) is 90.5 Å². The number of carbonyl (C=O) groups is 1. The number of sulfonamides is 1. The second kappa shape index (κ2) is 5.81. The monoisotopic (exact) mass is 314 g/mol. The molecule has 21 heavy (non-hydrogen) atoms. The summed E-state index contributed by atoms with van der Waals surface area (Å²) in [5.41, 5.74) is 0.137. The van der Waals surface area contributed by atoms with Gasteiger partial charge in [-0.25, -0.2) is 13.2 Å². The molecule has 2 rings (SSSR count). The number of aromatic carboxylic acids is 1. The van der Waals surface area contributed by atoms with Crippen molar-refractivity contribution in [2.24, 2.45) is 5.41 Å². The van der Waals surface area contributed by atoms with Crippen LogP contribution in [-0.2, 0) is 10.0 Å². The minimum atomic E-state index is -3.60. The van der Waals surface area contributed by atoms with Gasteiger partial charge in [-0.3, -0.25) is 0 Å². The predicted molar refractivity (Wildman–Crippen MR) is 78.8 cm³/mol. The molecule has 1 aromatic heterocycles. The summed E-state index contributed by atoms with van der Waals surface area (Å²) in [5.74, 6) is -1.16. The van der Waals surface area contributed by atoms with Crippen molar-refractivity contribution < 1.29 is 18.3 Å². The van der Waals surface area contributed by atoms with Crippen LogP contribution >= 0.6 is 0 Å².